The molecule has 0 bridgehead atoms. The van der Waals surface area contributed by atoms with Gasteiger partial charge in [0.15, 0.2) is 0 Å². The lowest BCUT2D eigenvalue weighted by atomic mass is 10.2. The van der Waals surface area contributed by atoms with E-state index in [9.17, 15) is 0 Å². The van der Waals surface area contributed by atoms with Gasteiger partial charge in [0.2, 0.25) is 0 Å². The minimum absolute atomic E-state index is 0.506. The first-order valence-corrected chi connectivity index (χ1v) is 6.69. The zero-order chi connectivity index (χ0) is 13.7. The molecule has 0 aliphatic heterocycles. The average molecular weight is 291 g/mol. The van der Waals surface area contributed by atoms with Crippen molar-refractivity contribution in [1.82, 2.24) is 0 Å². The van der Waals surface area contributed by atoms with Gasteiger partial charge in [0.1, 0.15) is 0 Å². The van der Waals surface area contributed by atoms with Gasteiger partial charge in [-0.3, -0.25) is 0 Å². The highest BCUT2D eigenvalue weighted by molar-refractivity contribution is 6.39. The molecular weight excluding hydrogens is 271 g/mol. The van der Waals surface area contributed by atoms with Crippen molar-refractivity contribution in [3.8, 4) is 0 Å². The van der Waals surface area contributed by atoms with Gasteiger partial charge in [0.05, 0.1) is 22.3 Å². The molecule has 0 saturated heterocycles. The predicted molar refractivity (Wildman–Crippen MR) is 79.8 cm³/mol. The van der Waals surface area contributed by atoms with Gasteiger partial charge in [0, 0.05) is 25.9 Å². The number of hydrogen-bond donors (Lipinski definition) is 1. The maximum absolute atomic E-state index is 6.24. The number of halogens is 2. The summed E-state index contributed by atoms with van der Waals surface area (Å²) in [6, 6.07) is 3.45. The van der Waals surface area contributed by atoms with Crippen LogP contribution in [0.1, 0.15) is 13.8 Å². The smallest absolute Gasteiger partial charge is 0.0747 e. The second-order valence-electron chi connectivity index (χ2n) is 4.67. The van der Waals surface area contributed by atoms with E-state index in [-0.39, 0.29) is 0 Å². The fraction of sp³-hybridized carbons (Fsp3) is 0.538. The first-order chi connectivity index (χ1) is 8.45. The topological polar surface area (TPSA) is 38.5 Å². The van der Waals surface area contributed by atoms with Gasteiger partial charge in [-0.1, -0.05) is 37.0 Å². The van der Waals surface area contributed by atoms with Crippen molar-refractivity contribution in [2.45, 2.75) is 13.8 Å². The van der Waals surface area contributed by atoms with E-state index in [1.165, 1.54) is 0 Å². The van der Waals surface area contributed by atoms with Gasteiger partial charge >= 0.3 is 0 Å². The van der Waals surface area contributed by atoms with Crippen molar-refractivity contribution in [3.05, 3.63) is 22.2 Å². The number of hydrogen-bond acceptors (Lipinski definition) is 3. The monoisotopic (exact) mass is 290 g/mol. The molecule has 0 aromatic heterocycles. The largest absolute Gasteiger partial charge is 0.399 e. The third-order valence-corrected chi connectivity index (χ3v) is 3.08. The summed E-state index contributed by atoms with van der Waals surface area (Å²) in [5, 5.41) is 1.16. The van der Waals surface area contributed by atoms with Crippen molar-refractivity contribution in [2.75, 3.05) is 37.4 Å². The summed E-state index contributed by atoms with van der Waals surface area (Å²) >= 11 is 12.5. The molecule has 0 amide bonds. The van der Waals surface area contributed by atoms with Gasteiger partial charge in [-0.2, -0.15) is 0 Å². The van der Waals surface area contributed by atoms with Gasteiger partial charge in [0.25, 0.3) is 0 Å². The van der Waals surface area contributed by atoms with Crippen LogP contribution in [0.2, 0.25) is 10.0 Å². The molecule has 0 saturated carbocycles. The average Bonchev–Trinajstić information content (AvgIpc) is 2.23. The van der Waals surface area contributed by atoms with E-state index in [1.54, 1.807) is 19.2 Å². The molecule has 0 radical (unpaired) electrons. The Morgan fingerprint density at radius 3 is 2.28 bits per heavy atom. The maximum Gasteiger partial charge on any atom is 0.0747 e. The molecule has 5 heteroatoms. The Balaban J connectivity index is 3.03. The van der Waals surface area contributed by atoms with Crippen LogP contribution >= 0.6 is 23.2 Å². The summed E-state index contributed by atoms with van der Waals surface area (Å²) < 4.78 is 5.13. The van der Waals surface area contributed by atoms with Gasteiger partial charge in [-0.25, -0.2) is 0 Å². The molecule has 0 atom stereocenters. The molecule has 102 valence electrons. The van der Waals surface area contributed by atoms with E-state index in [4.69, 9.17) is 33.7 Å². The molecule has 1 aromatic carbocycles. The van der Waals surface area contributed by atoms with E-state index in [0.717, 1.165) is 18.8 Å². The Hall–Kier alpha value is -0.640. The fourth-order valence-corrected chi connectivity index (χ4v) is 2.57. The Kier molecular flexibility index (Phi) is 6.06. The summed E-state index contributed by atoms with van der Waals surface area (Å²) in [6.45, 7) is 6.55. The molecule has 0 aliphatic rings. The zero-order valence-corrected chi connectivity index (χ0v) is 12.6. The molecule has 1 rings (SSSR count). The van der Waals surface area contributed by atoms with Crippen molar-refractivity contribution in [3.63, 3.8) is 0 Å². The second kappa shape index (κ2) is 7.07. The van der Waals surface area contributed by atoms with Crippen LogP contribution in [0.4, 0.5) is 11.4 Å². The van der Waals surface area contributed by atoms with Crippen LogP contribution in [-0.2, 0) is 4.74 Å². The zero-order valence-electron chi connectivity index (χ0n) is 11.0. The van der Waals surface area contributed by atoms with Gasteiger partial charge < -0.3 is 15.4 Å². The summed E-state index contributed by atoms with van der Waals surface area (Å²) in [5.41, 5.74) is 7.12. The summed E-state index contributed by atoms with van der Waals surface area (Å²) in [7, 11) is 1.68. The normalized spacial score (nSPS) is 11.0. The quantitative estimate of drug-likeness (QED) is 0.812. The lowest BCUT2D eigenvalue weighted by Crippen LogP contribution is -2.31. The first-order valence-electron chi connectivity index (χ1n) is 5.94. The third-order valence-electron chi connectivity index (χ3n) is 2.51. The summed E-state index contributed by atoms with van der Waals surface area (Å²) in [5.74, 6) is 0.506. The highest BCUT2D eigenvalue weighted by atomic mass is 35.5. The van der Waals surface area contributed by atoms with Gasteiger partial charge in [-0.15, -0.1) is 0 Å². The number of ether oxygens (including phenoxy) is 1. The van der Waals surface area contributed by atoms with Crippen LogP contribution < -0.4 is 10.6 Å². The summed E-state index contributed by atoms with van der Waals surface area (Å²) in [4.78, 5) is 2.14. The molecule has 1 aromatic rings. The minimum atomic E-state index is 0.506. The number of methoxy groups -OCH3 is 1. The second-order valence-corrected chi connectivity index (χ2v) is 5.48. The first kappa shape index (κ1) is 15.4. The number of nitrogens with zero attached hydrogens (tertiary/aromatic N) is 1. The number of anilines is 2. The van der Waals surface area contributed by atoms with Crippen molar-refractivity contribution >= 4 is 34.6 Å². The molecule has 2 N–H and O–H groups in total. The van der Waals surface area contributed by atoms with Crippen molar-refractivity contribution in [2.24, 2.45) is 5.92 Å². The molecule has 18 heavy (non-hydrogen) atoms. The van der Waals surface area contributed by atoms with Crippen molar-refractivity contribution < 1.29 is 4.74 Å². The van der Waals surface area contributed by atoms with Crippen LogP contribution in [0.15, 0.2) is 12.1 Å². The molecular formula is C13H20Cl2N2O. The molecule has 0 spiro atoms. The Morgan fingerprint density at radius 1 is 1.28 bits per heavy atom. The van der Waals surface area contributed by atoms with Crippen LogP contribution in [0.25, 0.3) is 0 Å². The van der Waals surface area contributed by atoms with E-state index in [1.807, 2.05) is 0 Å². The lowest BCUT2D eigenvalue weighted by Gasteiger charge is -2.28. The van der Waals surface area contributed by atoms with E-state index in [0.29, 0.717) is 28.3 Å². The Bertz CT molecular complexity index is 374. The SMILES string of the molecule is COCCN(CC(C)C)c1c(Cl)cc(N)cc1Cl. The van der Waals surface area contributed by atoms with E-state index >= 15 is 0 Å². The van der Waals surface area contributed by atoms with E-state index in [2.05, 4.69) is 18.7 Å². The molecule has 0 unspecified atom stereocenters. The predicted octanol–water partition coefficient (Wildman–Crippen LogP) is 3.68. The van der Waals surface area contributed by atoms with Crippen LogP contribution in [0, 0.1) is 5.92 Å². The number of benzene rings is 1. The molecule has 0 aliphatic carbocycles. The highest BCUT2D eigenvalue weighted by Crippen LogP contribution is 2.36. The number of nitrogen functional groups attached to an aromatic ring is 1. The number of nitrogens with two attached hydrogens (primary N) is 1. The van der Waals surface area contributed by atoms with Crippen molar-refractivity contribution in [1.29, 1.82) is 0 Å². The number of rotatable bonds is 6. The maximum atomic E-state index is 6.24. The fourth-order valence-electron chi connectivity index (χ4n) is 1.82. The molecule has 0 heterocycles. The van der Waals surface area contributed by atoms with Gasteiger partial charge in [-0.05, 0) is 18.1 Å². The van der Waals surface area contributed by atoms with Crippen LogP contribution in [-0.4, -0.2) is 26.8 Å². The Labute approximate surface area is 119 Å². The highest BCUT2D eigenvalue weighted by Gasteiger charge is 2.16. The van der Waals surface area contributed by atoms with Crippen LogP contribution in [0.3, 0.4) is 0 Å². The summed E-state index contributed by atoms with van der Waals surface area (Å²) in [6.07, 6.45) is 0. The third kappa shape index (κ3) is 4.23. The molecule has 3 nitrogen and oxygen atoms in total. The Morgan fingerprint density at radius 2 is 1.83 bits per heavy atom. The lowest BCUT2D eigenvalue weighted by molar-refractivity contribution is 0.204. The standard InChI is InChI=1S/C13H20Cl2N2O/c1-9(2)8-17(4-5-18-3)13-11(14)6-10(16)7-12(13)15/h6-7,9H,4-5,8,16H2,1-3H3. The molecule has 0 fully saturated rings. The minimum Gasteiger partial charge on any atom is -0.399 e. The van der Waals surface area contributed by atoms with Crippen LogP contribution in [0.5, 0.6) is 0 Å². The van der Waals surface area contributed by atoms with E-state index < -0.39 is 0 Å².